The fourth-order valence-corrected chi connectivity index (χ4v) is 3.33. The maximum atomic E-state index is 13.1. The number of nitrogens with one attached hydrogen (secondary N) is 1. The number of carbonyl (C=O) groups is 1. The summed E-state index contributed by atoms with van der Waals surface area (Å²) < 4.78 is 50.5. The Morgan fingerprint density at radius 1 is 1.17 bits per heavy atom. The van der Waals surface area contributed by atoms with Gasteiger partial charge in [-0.2, -0.15) is 13.2 Å². The van der Waals surface area contributed by atoms with E-state index < -0.39 is 29.0 Å². The molecular weight excluding hydrogens is 397 g/mol. The lowest BCUT2D eigenvalue weighted by molar-refractivity contribution is -0.163. The molecule has 0 spiro atoms. The number of esters is 1. The Hall–Kier alpha value is -2.61. The monoisotopic (exact) mass is 422 g/mol. The van der Waals surface area contributed by atoms with Gasteiger partial charge in [-0.25, -0.2) is 4.98 Å². The number of pyridine rings is 1. The summed E-state index contributed by atoms with van der Waals surface area (Å²) in [5.41, 5.74) is -1.05. The molecule has 5 nitrogen and oxygen atoms in total. The molecule has 1 fully saturated rings. The summed E-state index contributed by atoms with van der Waals surface area (Å²) in [5, 5.41) is 3.31. The van der Waals surface area contributed by atoms with Crippen LogP contribution in [0.1, 0.15) is 37.3 Å². The van der Waals surface area contributed by atoms with Gasteiger partial charge in [-0.15, -0.1) is 0 Å². The number of piperidine rings is 1. The van der Waals surface area contributed by atoms with E-state index in [2.05, 4.69) is 10.3 Å². The summed E-state index contributed by atoms with van der Waals surface area (Å²) in [5.74, 6) is -1.05. The fraction of sp³-hybridized carbons (Fsp3) is 0.455. The lowest BCUT2D eigenvalue weighted by atomic mass is 9.88. The van der Waals surface area contributed by atoms with E-state index in [4.69, 9.17) is 9.47 Å². The number of benzene rings is 1. The molecule has 162 valence electrons. The van der Waals surface area contributed by atoms with E-state index in [1.807, 2.05) is 30.3 Å². The van der Waals surface area contributed by atoms with Gasteiger partial charge in [-0.3, -0.25) is 4.79 Å². The lowest BCUT2D eigenvalue weighted by Crippen LogP contribution is -2.44. The van der Waals surface area contributed by atoms with E-state index in [9.17, 15) is 18.0 Å². The van der Waals surface area contributed by atoms with E-state index in [0.29, 0.717) is 13.0 Å². The zero-order valence-electron chi connectivity index (χ0n) is 16.9. The third kappa shape index (κ3) is 5.30. The second-order valence-electron chi connectivity index (χ2n) is 7.98. The third-order valence-electron chi connectivity index (χ3n) is 5.10. The van der Waals surface area contributed by atoms with Crippen LogP contribution in [-0.2, 0) is 15.7 Å². The molecule has 0 amide bonds. The SMILES string of the molecule is CC(C)(COc1ncccc1C(F)(F)F)C(=O)OC1CCNCC1c1ccccc1. The van der Waals surface area contributed by atoms with Gasteiger partial charge in [-0.05, 0) is 44.5 Å². The van der Waals surface area contributed by atoms with Crippen LogP contribution in [0.2, 0.25) is 0 Å². The molecule has 2 heterocycles. The number of ether oxygens (including phenoxy) is 2. The molecule has 1 aliphatic heterocycles. The van der Waals surface area contributed by atoms with Crippen LogP contribution in [0.25, 0.3) is 0 Å². The quantitative estimate of drug-likeness (QED) is 0.708. The van der Waals surface area contributed by atoms with Crippen LogP contribution in [0, 0.1) is 5.41 Å². The Balaban J connectivity index is 1.67. The Morgan fingerprint density at radius 2 is 1.90 bits per heavy atom. The summed E-state index contributed by atoms with van der Waals surface area (Å²) in [6.45, 7) is 4.30. The number of aromatic nitrogens is 1. The van der Waals surface area contributed by atoms with Gasteiger partial charge in [0.1, 0.15) is 18.3 Å². The molecule has 8 heteroatoms. The minimum absolute atomic E-state index is 0.00763. The van der Waals surface area contributed by atoms with Crippen molar-refractivity contribution < 1.29 is 27.4 Å². The molecule has 0 saturated carbocycles. The van der Waals surface area contributed by atoms with Crippen molar-refractivity contribution in [3.63, 3.8) is 0 Å². The molecule has 30 heavy (non-hydrogen) atoms. The van der Waals surface area contributed by atoms with Gasteiger partial charge in [0.05, 0.1) is 5.41 Å². The first-order chi connectivity index (χ1) is 14.2. The van der Waals surface area contributed by atoms with E-state index >= 15 is 0 Å². The largest absolute Gasteiger partial charge is 0.476 e. The van der Waals surface area contributed by atoms with Crippen LogP contribution in [0.15, 0.2) is 48.7 Å². The summed E-state index contributed by atoms with van der Waals surface area (Å²) in [4.78, 5) is 16.5. The van der Waals surface area contributed by atoms with Gasteiger partial charge in [0.25, 0.3) is 0 Å². The topological polar surface area (TPSA) is 60.5 Å². The van der Waals surface area contributed by atoms with E-state index in [0.717, 1.165) is 18.2 Å². The number of alkyl halides is 3. The number of carbonyl (C=O) groups excluding carboxylic acids is 1. The smallest absolute Gasteiger partial charge is 0.421 e. The van der Waals surface area contributed by atoms with Crippen molar-refractivity contribution in [1.29, 1.82) is 0 Å². The molecule has 2 aromatic rings. The first-order valence-corrected chi connectivity index (χ1v) is 9.80. The zero-order valence-corrected chi connectivity index (χ0v) is 16.9. The van der Waals surface area contributed by atoms with E-state index in [-0.39, 0.29) is 18.6 Å². The van der Waals surface area contributed by atoms with Crippen molar-refractivity contribution >= 4 is 5.97 Å². The highest BCUT2D eigenvalue weighted by Crippen LogP contribution is 2.35. The molecule has 2 unspecified atom stereocenters. The predicted octanol–water partition coefficient (Wildman–Crippen LogP) is 4.19. The molecule has 1 aromatic carbocycles. The maximum absolute atomic E-state index is 13.1. The minimum atomic E-state index is -4.59. The first-order valence-electron chi connectivity index (χ1n) is 9.80. The number of nitrogens with zero attached hydrogens (tertiary/aromatic N) is 1. The summed E-state index contributed by atoms with van der Waals surface area (Å²) in [6, 6.07) is 11.9. The Morgan fingerprint density at radius 3 is 2.60 bits per heavy atom. The van der Waals surface area contributed by atoms with Crippen LogP contribution in [-0.4, -0.2) is 36.8 Å². The molecule has 1 aromatic heterocycles. The van der Waals surface area contributed by atoms with Crippen molar-refractivity contribution in [3.8, 4) is 5.88 Å². The lowest BCUT2D eigenvalue weighted by Gasteiger charge is -2.34. The van der Waals surface area contributed by atoms with E-state index in [1.165, 1.54) is 12.3 Å². The third-order valence-corrected chi connectivity index (χ3v) is 5.10. The molecule has 0 radical (unpaired) electrons. The molecule has 0 aliphatic carbocycles. The molecule has 1 aliphatic rings. The molecule has 1 N–H and O–H groups in total. The van der Waals surface area contributed by atoms with Gasteiger partial charge in [0.2, 0.25) is 5.88 Å². The van der Waals surface area contributed by atoms with Crippen molar-refractivity contribution in [1.82, 2.24) is 10.3 Å². The van der Waals surface area contributed by atoms with Crippen LogP contribution in [0.3, 0.4) is 0 Å². The second-order valence-corrected chi connectivity index (χ2v) is 7.98. The molecular formula is C22H25F3N2O3. The van der Waals surface area contributed by atoms with Crippen LogP contribution >= 0.6 is 0 Å². The van der Waals surface area contributed by atoms with Gasteiger partial charge < -0.3 is 14.8 Å². The Labute approximate surface area is 173 Å². The first kappa shape index (κ1) is 22.1. The predicted molar refractivity (Wildman–Crippen MR) is 105 cm³/mol. The average Bonchev–Trinajstić information content (AvgIpc) is 2.73. The Bertz CT molecular complexity index is 856. The van der Waals surface area contributed by atoms with E-state index in [1.54, 1.807) is 13.8 Å². The highest BCUT2D eigenvalue weighted by Gasteiger charge is 2.38. The number of hydrogen-bond donors (Lipinski definition) is 1. The highest BCUT2D eigenvalue weighted by molar-refractivity contribution is 5.76. The van der Waals surface area contributed by atoms with Gasteiger partial charge in [-0.1, -0.05) is 30.3 Å². The number of halogens is 3. The minimum Gasteiger partial charge on any atom is -0.476 e. The molecule has 2 atom stereocenters. The standard InChI is InChI=1S/C22H25F3N2O3/c1-21(2,14-29-19-17(22(23,24)25)9-6-11-27-19)20(28)30-18-10-12-26-13-16(18)15-7-4-3-5-8-15/h3-9,11,16,18,26H,10,12-14H2,1-2H3. The van der Waals surface area contributed by atoms with Crippen molar-refractivity contribution in [2.24, 2.45) is 5.41 Å². The number of rotatable bonds is 6. The van der Waals surface area contributed by atoms with Crippen molar-refractivity contribution in [3.05, 3.63) is 59.8 Å². The number of hydrogen-bond acceptors (Lipinski definition) is 5. The molecule has 0 bridgehead atoms. The van der Waals surface area contributed by atoms with Crippen LogP contribution in [0.5, 0.6) is 5.88 Å². The normalized spacial score (nSPS) is 19.9. The van der Waals surface area contributed by atoms with Gasteiger partial charge >= 0.3 is 12.1 Å². The van der Waals surface area contributed by atoms with Gasteiger partial charge in [0.15, 0.2) is 0 Å². The van der Waals surface area contributed by atoms with Crippen LogP contribution < -0.4 is 10.1 Å². The zero-order chi connectivity index (χ0) is 21.8. The maximum Gasteiger partial charge on any atom is 0.421 e. The highest BCUT2D eigenvalue weighted by atomic mass is 19.4. The second kappa shape index (κ2) is 9.04. The summed E-state index contributed by atoms with van der Waals surface area (Å²) in [6.07, 6.45) is -3.04. The van der Waals surface area contributed by atoms with Crippen LogP contribution in [0.4, 0.5) is 13.2 Å². The molecule has 3 rings (SSSR count). The van der Waals surface area contributed by atoms with Crippen molar-refractivity contribution in [2.75, 3.05) is 19.7 Å². The summed E-state index contributed by atoms with van der Waals surface area (Å²) in [7, 11) is 0. The Kier molecular flexibility index (Phi) is 6.65. The average molecular weight is 422 g/mol. The summed E-state index contributed by atoms with van der Waals surface area (Å²) >= 11 is 0. The van der Waals surface area contributed by atoms with Gasteiger partial charge in [0, 0.05) is 18.7 Å². The molecule has 1 saturated heterocycles. The fourth-order valence-electron chi connectivity index (χ4n) is 3.33. The van der Waals surface area contributed by atoms with Crippen molar-refractivity contribution in [2.45, 2.75) is 38.5 Å².